The molecular formula is C20H25N3O4. The van der Waals surface area contributed by atoms with Gasteiger partial charge in [0.2, 0.25) is 5.91 Å². The Balaban J connectivity index is 2.13. The van der Waals surface area contributed by atoms with Crippen LogP contribution in [-0.2, 0) is 20.7 Å². The summed E-state index contributed by atoms with van der Waals surface area (Å²) in [6.07, 6.45) is 0.682. The van der Waals surface area contributed by atoms with E-state index >= 15 is 0 Å². The Labute approximate surface area is 158 Å². The number of fused-ring (bicyclic) bond motifs is 1. The van der Waals surface area contributed by atoms with Crippen molar-refractivity contribution in [2.24, 2.45) is 0 Å². The normalized spacial score (nSPS) is 11.7. The number of carbonyl (C=O) groups is 3. The molecule has 1 aromatic carbocycles. The van der Waals surface area contributed by atoms with Gasteiger partial charge in [-0.3, -0.25) is 14.6 Å². The molecule has 1 heterocycles. The molecule has 0 aliphatic heterocycles. The van der Waals surface area contributed by atoms with Gasteiger partial charge in [-0.05, 0) is 38.8 Å². The lowest BCUT2D eigenvalue weighted by atomic mass is 10.0. The average Bonchev–Trinajstić information content (AvgIpc) is 2.65. The maximum Gasteiger partial charge on any atom is 0.339 e. The number of para-hydroxylation sites is 1. The second-order valence-corrected chi connectivity index (χ2v) is 6.19. The summed E-state index contributed by atoms with van der Waals surface area (Å²) in [5.74, 6) is -1.41. The number of nitrogens with zero attached hydrogens (tertiary/aromatic N) is 1. The van der Waals surface area contributed by atoms with Gasteiger partial charge in [-0.1, -0.05) is 25.1 Å². The number of benzene rings is 1. The fraction of sp³-hybridized carbons (Fsp3) is 0.400. The highest BCUT2D eigenvalue weighted by Gasteiger charge is 2.20. The van der Waals surface area contributed by atoms with Gasteiger partial charge in [-0.2, -0.15) is 0 Å². The van der Waals surface area contributed by atoms with Crippen molar-refractivity contribution in [2.45, 2.75) is 40.2 Å². The molecule has 7 nitrogen and oxygen atoms in total. The Morgan fingerprint density at radius 3 is 2.56 bits per heavy atom. The summed E-state index contributed by atoms with van der Waals surface area (Å²) in [6.45, 7) is 7.17. The number of pyridine rings is 1. The topological polar surface area (TPSA) is 97.4 Å². The van der Waals surface area contributed by atoms with Crippen LogP contribution >= 0.6 is 0 Å². The van der Waals surface area contributed by atoms with Crippen molar-refractivity contribution < 1.29 is 19.1 Å². The minimum atomic E-state index is -0.702. The minimum absolute atomic E-state index is 0.291. The number of carbonyl (C=O) groups excluding carboxylic acids is 3. The summed E-state index contributed by atoms with van der Waals surface area (Å²) in [7, 11) is 0. The summed E-state index contributed by atoms with van der Waals surface area (Å²) >= 11 is 0. The molecule has 144 valence electrons. The fourth-order valence-electron chi connectivity index (χ4n) is 2.84. The van der Waals surface area contributed by atoms with E-state index in [1.165, 1.54) is 0 Å². The van der Waals surface area contributed by atoms with Crippen LogP contribution in [0.25, 0.3) is 10.9 Å². The summed E-state index contributed by atoms with van der Waals surface area (Å²) in [4.78, 5) is 40.9. The van der Waals surface area contributed by atoms with Crippen LogP contribution in [0.5, 0.6) is 0 Å². The molecule has 0 fully saturated rings. The van der Waals surface area contributed by atoms with E-state index in [-0.39, 0.29) is 5.91 Å². The third-order valence-corrected chi connectivity index (χ3v) is 4.23. The van der Waals surface area contributed by atoms with E-state index in [9.17, 15) is 14.4 Å². The van der Waals surface area contributed by atoms with Crippen LogP contribution in [0, 0.1) is 6.92 Å². The van der Waals surface area contributed by atoms with Crippen molar-refractivity contribution in [2.75, 3.05) is 13.2 Å². The first-order valence-corrected chi connectivity index (χ1v) is 9.01. The molecule has 0 unspecified atom stereocenters. The lowest BCUT2D eigenvalue weighted by Gasteiger charge is -2.15. The number of likely N-dealkylation sites (N-methyl/N-ethyl adjacent to an activating group) is 1. The molecule has 0 saturated carbocycles. The van der Waals surface area contributed by atoms with Crippen LogP contribution in [0.15, 0.2) is 24.3 Å². The molecule has 27 heavy (non-hydrogen) atoms. The van der Waals surface area contributed by atoms with Gasteiger partial charge in [0.25, 0.3) is 5.91 Å². The van der Waals surface area contributed by atoms with Gasteiger partial charge >= 0.3 is 5.97 Å². The molecule has 0 spiro atoms. The van der Waals surface area contributed by atoms with E-state index in [1.54, 1.807) is 13.8 Å². The molecule has 1 aromatic heterocycles. The summed E-state index contributed by atoms with van der Waals surface area (Å²) in [5, 5.41) is 5.81. The zero-order valence-corrected chi connectivity index (χ0v) is 16.1. The van der Waals surface area contributed by atoms with E-state index in [2.05, 4.69) is 15.6 Å². The van der Waals surface area contributed by atoms with Gasteiger partial charge in [0, 0.05) is 17.6 Å². The SMILES string of the molecule is CCNC(=O)[C@@H](C)NC(=O)COC(=O)c1c(C)c(CC)nc2ccccc12. The zero-order valence-electron chi connectivity index (χ0n) is 16.1. The third kappa shape index (κ3) is 4.81. The van der Waals surface area contributed by atoms with Gasteiger partial charge in [0.15, 0.2) is 6.61 Å². The zero-order chi connectivity index (χ0) is 20.0. The van der Waals surface area contributed by atoms with Crippen molar-refractivity contribution in [1.29, 1.82) is 0 Å². The number of aromatic nitrogens is 1. The molecule has 0 saturated heterocycles. The van der Waals surface area contributed by atoms with Crippen LogP contribution in [0.1, 0.15) is 42.4 Å². The van der Waals surface area contributed by atoms with Crippen molar-refractivity contribution in [1.82, 2.24) is 15.6 Å². The van der Waals surface area contributed by atoms with Crippen molar-refractivity contribution in [3.05, 3.63) is 41.1 Å². The van der Waals surface area contributed by atoms with Crippen LogP contribution in [0.2, 0.25) is 0 Å². The molecule has 1 atom stereocenters. The monoisotopic (exact) mass is 371 g/mol. The number of amides is 2. The largest absolute Gasteiger partial charge is 0.452 e. The first kappa shape index (κ1) is 20.4. The smallest absolute Gasteiger partial charge is 0.339 e. The molecule has 7 heteroatoms. The summed E-state index contributed by atoms with van der Waals surface area (Å²) in [5.41, 5.74) is 2.69. The second kappa shape index (κ2) is 9.12. The molecule has 0 bridgehead atoms. The molecular weight excluding hydrogens is 346 g/mol. The predicted octanol–water partition coefficient (Wildman–Crippen LogP) is 1.90. The first-order valence-electron chi connectivity index (χ1n) is 9.01. The third-order valence-electron chi connectivity index (χ3n) is 4.23. The standard InChI is InChI=1S/C20H25N3O4/c1-5-15-12(3)18(14-9-7-8-10-16(14)23-15)20(26)27-11-17(24)22-13(4)19(25)21-6-2/h7-10,13H,5-6,11H2,1-4H3,(H,21,25)(H,22,24)/t13-/m1/s1. The molecule has 0 aliphatic rings. The van der Waals surface area contributed by atoms with Crippen molar-refractivity contribution in [3.63, 3.8) is 0 Å². The van der Waals surface area contributed by atoms with Crippen LogP contribution in [0.3, 0.4) is 0 Å². The Bertz CT molecular complexity index is 864. The van der Waals surface area contributed by atoms with Crippen LogP contribution in [0.4, 0.5) is 0 Å². The van der Waals surface area contributed by atoms with E-state index in [1.807, 2.05) is 38.1 Å². The van der Waals surface area contributed by atoms with E-state index < -0.39 is 24.5 Å². The Morgan fingerprint density at radius 2 is 1.89 bits per heavy atom. The highest BCUT2D eigenvalue weighted by molar-refractivity contribution is 6.05. The predicted molar refractivity (Wildman–Crippen MR) is 102 cm³/mol. The van der Waals surface area contributed by atoms with Gasteiger partial charge < -0.3 is 15.4 Å². The fourth-order valence-corrected chi connectivity index (χ4v) is 2.84. The molecule has 2 amide bonds. The summed E-state index contributed by atoms with van der Waals surface area (Å²) < 4.78 is 5.21. The number of hydrogen-bond donors (Lipinski definition) is 2. The van der Waals surface area contributed by atoms with Crippen molar-refractivity contribution >= 4 is 28.7 Å². The van der Waals surface area contributed by atoms with Gasteiger partial charge in [0.05, 0.1) is 11.1 Å². The Kier molecular flexibility index (Phi) is 6.87. The van der Waals surface area contributed by atoms with Crippen LogP contribution in [-0.4, -0.2) is 42.0 Å². The Hall–Kier alpha value is -2.96. The molecule has 0 aliphatic carbocycles. The van der Waals surface area contributed by atoms with Gasteiger partial charge in [-0.25, -0.2) is 4.79 Å². The van der Waals surface area contributed by atoms with E-state index in [4.69, 9.17) is 4.74 Å². The number of ether oxygens (including phenoxy) is 1. The molecule has 2 N–H and O–H groups in total. The second-order valence-electron chi connectivity index (χ2n) is 6.19. The van der Waals surface area contributed by atoms with Gasteiger partial charge in [0.1, 0.15) is 6.04 Å². The number of aryl methyl sites for hydroxylation is 1. The first-order chi connectivity index (χ1) is 12.9. The number of hydrogen-bond acceptors (Lipinski definition) is 5. The van der Waals surface area contributed by atoms with E-state index in [0.29, 0.717) is 29.4 Å². The maximum absolute atomic E-state index is 12.7. The highest BCUT2D eigenvalue weighted by Crippen LogP contribution is 2.24. The lowest BCUT2D eigenvalue weighted by Crippen LogP contribution is -2.46. The molecule has 2 aromatic rings. The number of nitrogens with one attached hydrogen (secondary N) is 2. The van der Waals surface area contributed by atoms with Gasteiger partial charge in [-0.15, -0.1) is 0 Å². The quantitative estimate of drug-likeness (QED) is 0.725. The lowest BCUT2D eigenvalue weighted by molar-refractivity contribution is -0.130. The van der Waals surface area contributed by atoms with E-state index in [0.717, 1.165) is 11.3 Å². The molecule has 0 radical (unpaired) electrons. The Morgan fingerprint density at radius 1 is 1.19 bits per heavy atom. The highest BCUT2D eigenvalue weighted by atomic mass is 16.5. The number of rotatable bonds is 7. The maximum atomic E-state index is 12.7. The average molecular weight is 371 g/mol. The minimum Gasteiger partial charge on any atom is -0.452 e. The molecule has 2 rings (SSSR count). The number of esters is 1. The van der Waals surface area contributed by atoms with Crippen LogP contribution < -0.4 is 10.6 Å². The summed E-state index contributed by atoms with van der Waals surface area (Å²) in [6, 6.07) is 6.63. The van der Waals surface area contributed by atoms with Crippen molar-refractivity contribution in [3.8, 4) is 0 Å².